The lowest BCUT2D eigenvalue weighted by Gasteiger charge is -2.32. The van der Waals surface area contributed by atoms with E-state index in [4.69, 9.17) is 0 Å². The van der Waals surface area contributed by atoms with Crippen LogP contribution in [0.15, 0.2) is 29.2 Å². The van der Waals surface area contributed by atoms with E-state index in [1.54, 1.807) is 22.5 Å². The molecule has 1 atom stereocenters. The SMILES string of the molecule is CC1CCCCN1S(=O)(=O)c1cccc(C(=O)NC2CCNCC2)c1. The standard InChI is InChI=1S/C18H27N3O3S/c1-14-5-2-3-12-21(14)25(23,24)17-7-4-6-15(13-17)18(22)20-16-8-10-19-11-9-16/h4,6-7,13-14,16,19H,2-3,5,8-12H2,1H3,(H,20,22). The van der Waals surface area contributed by atoms with Crippen LogP contribution in [-0.2, 0) is 10.0 Å². The molecular formula is C18H27N3O3S. The number of carbonyl (C=O) groups is 1. The number of benzene rings is 1. The molecule has 1 aromatic rings. The minimum Gasteiger partial charge on any atom is -0.349 e. The molecule has 2 heterocycles. The van der Waals surface area contributed by atoms with Gasteiger partial charge in [0.25, 0.3) is 5.91 Å². The molecule has 3 rings (SSSR count). The third kappa shape index (κ3) is 4.22. The van der Waals surface area contributed by atoms with Crippen molar-refractivity contribution in [3.8, 4) is 0 Å². The molecular weight excluding hydrogens is 338 g/mol. The van der Waals surface area contributed by atoms with Crippen molar-refractivity contribution >= 4 is 15.9 Å². The summed E-state index contributed by atoms with van der Waals surface area (Å²) >= 11 is 0. The van der Waals surface area contributed by atoms with E-state index in [0.717, 1.165) is 45.2 Å². The molecule has 2 saturated heterocycles. The van der Waals surface area contributed by atoms with E-state index in [-0.39, 0.29) is 22.9 Å². The lowest BCUT2D eigenvalue weighted by molar-refractivity contribution is 0.0929. The second-order valence-corrected chi connectivity index (χ2v) is 8.88. The molecule has 1 aromatic carbocycles. The van der Waals surface area contributed by atoms with E-state index in [9.17, 15) is 13.2 Å². The Morgan fingerprint density at radius 1 is 1.20 bits per heavy atom. The quantitative estimate of drug-likeness (QED) is 0.852. The lowest BCUT2D eigenvalue weighted by Crippen LogP contribution is -2.43. The predicted octanol–water partition coefficient (Wildman–Crippen LogP) is 1.73. The highest BCUT2D eigenvalue weighted by Crippen LogP contribution is 2.25. The van der Waals surface area contributed by atoms with Crippen molar-refractivity contribution in [1.29, 1.82) is 0 Å². The van der Waals surface area contributed by atoms with Gasteiger partial charge in [0.15, 0.2) is 0 Å². The number of hydrogen-bond donors (Lipinski definition) is 2. The van der Waals surface area contributed by atoms with Gasteiger partial charge in [-0.3, -0.25) is 4.79 Å². The second kappa shape index (κ2) is 7.85. The van der Waals surface area contributed by atoms with Crippen molar-refractivity contribution in [3.05, 3.63) is 29.8 Å². The summed E-state index contributed by atoms with van der Waals surface area (Å²) in [6, 6.07) is 6.57. The predicted molar refractivity (Wildman–Crippen MR) is 97.0 cm³/mol. The summed E-state index contributed by atoms with van der Waals surface area (Å²) in [6.07, 6.45) is 4.63. The van der Waals surface area contributed by atoms with Crippen LogP contribution in [-0.4, -0.2) is 50.3 Å². The van der Waals surface area contributed by atoms with E-state index in [1.807, 2.05) is 6.92 Å². The van der Waals surface area contributed by atoms with Crippen molar-refractivity contribution < 1.29 is 13.2 Å². The summed E-state index contributed by atoms with van der Waals surface area (Å²) in [6.45, 7) is 4.29. The van der Waals surface area contributed by atoms with E-state index >= 15 is 0 Å². The monoisotopic (exact) mass is 365 g/mol. The Kier molecular flexibility index (Phi) is 5.76. The smallest absolute Gasteiger partial charge is 0.251 e. The Hall–Kier alpha value is -1.44. The Morgan fingerprint density at radius 3 is 2.68 bits per heavy atom. The molecule has 1 unspecified atom stereocenters. The lowest BCUT2D eigenvalue weighted by atomic mass is 10.1. The first-order valence-corrected chi connectivity index (χ1v) is 10.6. The fraction of sp³-hybridized carbons (Fsp3) is 0.611. The van der Waals surface area contributed by atoms with Crippen LogP contribution >= 0.6 is 0 Å². The molecule has 1 amide bonds. The number of hydrogen-bond acceptors (Lipinski definition) is 4. The molecule has 138 valence electrons. The minimum atomic E-state index is -3.56. The molecule has 0 aromatic heterocycles. The number of nitrogens with zero attached hydrogens (tertiary/aromatic N) is 1. The van der Waals surface area contributed by atoms with E-state index in [2.05, 4.69) is 10.6 Å². The van der Waals surface area contributed by atoms with Crippen LogP contribution in [0.2, 0.25) is 0 Å². The number of piperidine rings is 2. The number of sulfonamides is 1. The van der Waals surface area contributed by atoms with E-state index in [1.165, 1.54) is 6.07 Å². The number of amides is 1. The summed E-state index contributed by atoms with van der Waals surface area (Å²) in [5.41, 5.74) is 0.407. The van der Waals surface area contributed by atoms with Gasteiger partial charge in [0.2, 0.25) is 10.0 Å². The first-order chi connectivity index (χ1) is 12.0. The molecule has 2 aliphatic rings. The Labute approximate surface area is 150 Å². The first-order valence-electron chi connectivity index (χ1n) is 9.12. The Bertz CT molecular complexity index is 714. The summed E-state index contributed by atoms with van der Waals surface area (Å²) < 4.78 is 27.5. The molecule has 2 fully saturated rings. The van der Waals surface area contributed by atoms with Crippen LogP contribution in [0.25, 0.3) is 0 Å². The second-order valence-electron chi connectivity index (χ2n) is 6.99. The summed E-state index contributed by atoms with van der Waals surface area (Å²) in [7, 11) is -3.56. The zero-order chi connectivity index (χ0) is 17.9. The number of carbonyl (C=O) groups excluding carboxylic acids is 1. The molecule has 6 nitrogen and oxygen atoms in total. The minimum absolute atomic E-state index is 0.00553. The van der Waals surface area contributed by atoms with Crippen LogP contribution in [0.3, 0.4) is 0 Å². The molecule has 0 aliphatic carbocycles. The zero-order valence-corrected chi connectivity index (χ0v) is 15.5. The fourth-order valence-electron chi connectivity index (χ4n) is 3.60. The maximum absolute atomic E-state index is 12.9. The first kappa shape index (κ1) is 18.4. The van der Waals surface area contributed by atoms with Crippen molar-refractivity contribution in [2.75, 3.05) is 19.6 Å². The Morgan fingerprint density at radius 2 is 1.96 bits per heavy atom. The highest BCUT2D eigenvalue weighted by Gasteiger charge is 2.31. The molecule has 2 aliphatic heterocycles. The van der Waals surface area contributed by atoms with Gasteiger partial charge in [-0.05, 0) is 63.9 Å². The van der Waals surface area contributed by atoms with Crippen LogP contribution in [0.1, 0.15) is 49.4 Å². The van der Waals surface area contributed by atoms with Gasteiger partial charge in [-0.2, -0.15) is 4.31 Å². The van der Waals surface area contributed by atoms with Gasteiger partial charge in [-0.15, -0.1) is 0 Å². The molecule has 7 heteroatoms. The van der Waals surface area contributed by atoms with E-state index in [0.29, 0.717) is 12.1 Å². The van der Waals surface area contributed by atoms with Crippen molar-refractivity contribution in [3.63, 3.8) is 0 Å². The topological polar surface area (TPSA) is 78.5 Å². The van der Waals surface area contributed by atoms with Crippen LogP contribution in [0, 0.1) is 0 Å². The highest BCUT2D eigenvalue weighted by molar-refractivity contribution is 7.89. The molecule has 0 radical (unpaired) electrons. The van der Waals surface area contributed by atoms with Crippen LogP contribution < -0.4 is 10.6 Å². The van der Waals surface area contributed by atoms with Crippen LogP contribution in [0.5, 0.6) is 0 Å². The van der Waals surface area contributed by atoms with E-state index < -0.39 is 10.0 Å². The normalized spacial score (nSPS) is 23.3. The largest absolute Gasteiger partial charge is 0.349 e. The van der Waals surface area contributed by atoms with Crippen molar-refractivity contribution in [2.24, 2.45) is 0 Å². The van der Waals surface area contributed by atoms with Gasteiger partial charge < -0.3 is 10.6 Å². The average Bonchev–Trinajstić information content (AvgIpc) is 2.63. The maximum atomic E-state index is 12.9. The zero-order valence-electron chi connectivity index (χ0n) is 14.7. The number of nitrogens with one attached hydrogen (secondary N) is 2. The third-order valence-corrected chi connectivity index (χ3v) is 7.13. The summed E-state index contributed by atoms with van der Waals surface area (Å²) in [5.74, 6) is -0.198. The van der Waals surface area contributed by atoms with Gasteiger partial charge in [0.05, 0.1) is 4.90 Å². The molecule has 0 saturated carbocycles. The third-order valence-electron chi connectivity index (χ3n) is 5.12. The Balaban J connectivity index is 1.77. The van der Waals surface area contributed by atoms with Gasteiger partial charge in [0, 0.05) is 24.2 Å². The van der Waals surface area contributed by atoms with Crippen molar-refractivity contribution in [1.82, 2.24) is 14.9 Å². The van der Waals surface area contributed by atoms with Gasteiger partial charge in [-0.1, -0.05) is 12.5 Å². The summed E-state index contributed by atoms with van der Waals surface area (Å²) in [4.78, 5) is 12.7. The highest BCUT2D eigenvalue weighted by atomic mass is 32.2. The summed E-state index contributed by atoms with van der Waals surface area (Å²) in [5, 5.41) is 6.28. The molecule has 0 spiro atoms. The van der Waals surface area contributed by atoms with Gasteiger partial charge >= 0.3 is 0 Å². The number of rotatable bonds is 4. The maximum Gasteiger partial charge on any atom is 0.251 e. The molecule has 2 N–H and O–H groups in total. The molecule has 25 heavy (non-hydrogen) atoms. The van der Waals surface area contributed by atoms with Gasteiger partial charge in [0.1, 0.15) is 0 Å². The van der Waals surface area contributed by atoms with Crippen LogP contribution in [0.4, 0.5) is 0 Å². The fourth-order valence-corrected chi connectivity index (χ4v) is 5.34. The van der Waals surface area contributed by atoms with Gasteiger partial charge in [-0.25, -0.2) is 8.42 Å². The molecule has 0 bridgehead atoms. The average molecular weight is 365 g/mol. The van der Waals surface area contributed by atoms with Crippen molar-refractivity contribution in [2.45, 2.75) is 56.0 Å².